The number of fused-ring (bicyclic) bond motifs is 1. The Bertz CT molecular complexity index is 1040. The minimum Gasteiger partial charge on any atom is -0.497 e. The van der Waals surface area contributed by atoms with Crippen LogP contribution in [0.4, 0.5) is 10.1 Å². The van der Waals surface area contributed by atoms with Gasteiger partial charge in [0.15, 0.2) is 0 Å². The average molecular weight is 382 g/mol. The number of amides is 1. The van der Waals surface area contributed by atoms with E-state index in [0.717, 1.165) is 16.7 Å². The minimum absolute atomic E-state index is 0.169. The largest absolute Gasteiger partial charge is 0.497 e. The number of anilines is 1. The fourth-order valence-corrected chi connectivity index (χ4v) is 3.92. The lowest BCUT2D eigenvalue weighted by molar-refractivity contribution is -0.119. The highest BCUT2D eigenvalue weighted by atomic mass is 35.5. The van der Waals surface area contributed by atoms with Gasteiger partial charge in [0.2, 0.25) is 5.91 Å². The van der Waals surface area contributed by atoms with Crippen LogP contribution in [-0.2, 0) is 16.6 Å². The molecule has 0 aromatic heterocycles. The van der Waals surface area contributed by atoms with Crippen LogP contribution in [0.15, 0.2) is 66.7 Å². The molecule has 4 rings (SSSR count). The molecule has 3 nitrogen and oxygen atoms in total. The van der Waals surface area contributed by atoms with Crippen LogP contribution in [0.25, 0.3) is 0 Å². The summed E-state index contributed by atoms with van der Waals surface area (Å²) < 4.78 is 19.2. The highest BCUT2D eigenvalue weighted by molar-refractivity contribution is 6.31. The smallest absolute Gasteiger partial charge is 0.239 e. The molecule has 0 spiro atoms. The lowest BCUT2D eigenvalue weighted by Crippen LogP contribution is -2.38. The molecule has 0 saturated carbocycles. The van der Waals surface area contributed by atoms with Crippen molar-refractivity contribution in [2.75, 3.05) is 12.4 Å². The van der Waals surface area contributed by atoms with Gasteiger partial charge in [0, 0.05) is 10.7 Å². The van der Waals surface area contributed by atoms with Crippen molar-refractivity contribution in [1.29, 1.82) is 0 Å². The van der Waals surface area contributed by atoms with Gasteiger partial charge >= 0.3 is 0 Å². The highest BCUT2D eigenvalue weighted by Gasteiger charge is 2.48. The molecule has 0 aliphatic carbocycles. The van der Waals surface area contributed by atoms with E-state index in [1.54, 1.807) is 25.3 Å². The number of hydrogen-bond acceptors (Lipinski definition) is 2. The van der Waals surface area contributed by atoms with Gasteiger partial charge in [-0.3, -0.25) is 4.79 Å². The molecule has 1 amide bonds. The van der Waals surface area contributed by atoms with Crippen LogP contribution >= 0.6 is 11.6 Å². The molecule has 0 radical (unpaired) electrons. The number of hydrogen-bond donors (Lipinski definition) is 1. The van der Waals surface area contributed by atoms with Crippen molar-refractivity contribution in [2.45, 2.75) is 11.8 Å². The zero-order valence-corrected chi connectivity index (χ0v) is 15.4. The summed E-state index contributed by atoms with van der Waals surface area (Å²) in [5, 5.41) is 3.48. The molecule has 1 heterocycles. The first-order valence-electron chi connectivity index (χ1n) is 8.53. The molecule has 3 aromatic rings. The molecule has 0 bridgehead atoms. The Morgan fingerprint density at radius 1 is 1.07 bits per heavy atom. The van der Waals surface area contributed by atoms with Crippen molar-refractivity contribution in [3.05, 3.63) is 94.3 Å². The lowest BCUT2D eigenvalue weighted by Gasteiger charge is -2.29. The Balaban J connectivity index is 1.95. The normalized spacial score (nSPS) is 18.1. The zero-order valence-electron chi connectivity index (χ0n) is 14.6. The number of ether oxygens (including phenoxy) is 1. The Kier molecular flexibility index (Phi) is 4.36. The van der Waals surface area contributed by atoms with Crippen LogP contribution in [-0.4, -0.2) is 13.0 Å². The van der Waals surface area contributed by atoms with Crippen molar-refractivity contribution in [1.82, 2.24) is 0 Å². The third-order valence-electron chi connectivity index (χ3n) is 5.00. The first kappa shape index (κ1) is 17.6. The third kappa shape index (κ3) is 2.96. The van der Waals surface area contributed by atoms with E-state index in [1.165, 1.54) is 12.1 Å². The van der Waals surface area contributed by atoms with Gasteiger partial charge in [0.05, 0.1) is 7.11 Å². The number of methoxy groups -OCH3 is 1. The van der Waals surface area contributed by atoms with E-state index in [-0.39, 0.29) is 11.7 Å². The molecule has 1 atom stereocenters. The van der Waals surface area contributed by atoms with E-state index < -0.39 is 5.41 Å². The lowest BCUT2D eigenvalue weighted by atomic mass is 9.71. The first-order chi connectivity index (χ1) is 13.0. The van der Waals surface area contributed by atoms with Gasteiger partial charge in [-0.1, -0.05) is 41.9 Å². The van der Waals surface area contributed by atoms with Gasteiger partial charge in [0.25, 0.3) is 0 Å². The number of benzene rings is 3. The summed E-state index contributed by atoms with van der Waals surface area (Å²) in [6, 6.07) is 19.1. The second kappa shape index (κ2) is 6.71. The quantitative estimate of drug-likeness (QED) is 0.693. The average Bonchev–Trinajstić information content (AvgIpc) is 2.93. The summed E-state index contributed by atoms with van der Waals surface area (Å²) in [5.41, 5.74) is 2.00. The molecule has 27 heavy (non-hydrogen) atoms. The Hall–Kier alpha value is -2.85. The fraction of sp³-hybridized carbons (Fsp3) is 0.136. The molecular formula is C22H17ClFNO2. The Labute approximate surface area is 161 Å². The van der Waals surface area contributed by atoms with E-state index in [9.17, 15) is 9.18 Å². The molecule has 1 unspecified atom stereocenters. The van der Waals surface area contributed by atoms with E-state index in [0.29, 0.717) is 22.9 Å². The van der Waals surface area contributed by atoms with E-state index >= 15 is 0 Å². The molecule has 0 fully saturated rings. The predicted molar refractivity (Wildman–Crippen MR) is 104 cm³/mol. The summed E-state index contributed by atoms with van der Waals surface area (Å²) in [4.78, 5) is 13.3. The molecule has 1 N–H and O–H groups in total. The van der Waals surface area contributed by atoms with Crippen LogP contribution in [0.3, 0.4) is 0 Å². The van der Waals surface area contributed by atoms with Gasteiger partial charge in [-0.15, -0.1) is 0 Å². The standard InChI is InChI=1S/C22H17ClFNO2/c1-27-18-7-3-5-15(11-18)22(13-14-4-2-6-17(24)10-14)19-9-8-16(23)12-20(19)25-21(22)26/h2-12H,13H2,1H3,(H,25,26). The second-order valence-electron chi connectivity index (χ2n) is 6.59. The molecule has 0 saturated heterocycles. The summed E-state index contributed by atoms with van der Waals surface area (Å²) in [6.45, 7) is 0. The number of carbonyl (C=O) groups excluding carboxylic acids is 1. The van der Waals surface area contributed by atoms with Gasteiger partial charge in [0.1, 0.15) is 17.0 Å². The number of carbonyl (C=O) groups is 1. The van der Waals surface area contributed by atoms with E-state index in [2.05, 4.69) is 5.32 Å². The first-order valence-corrected chi connectivity index (χ1v) is 8.91. The summed E-state index contributed by atoms with van der Waals surface area (Å²) in [7, 11) is 1.58. The van der Waals surface area contributed by atoms with Crippen molar-refractivity contribution in [3.8, 4) is 5.75 Å². The summed E-state index contributed by atoms with van der Waals surface area (Å²) in [6.07, 6.45) is 0.318. The zero-order chi connectivity index (χ0) is 19.0. The van der Waals surface area contributed by atoms with Crippen molar-refractivity contribution >= 4 is 23.2 Å². The van der Waals surface area contributed by atoms with Crippen LogP contribution in [0.1, 0.15) is 16.7 Å². The maximum Gasteiger partial charge on any atom is 0.239 e. The van der Waals surface area contributed by atoms with E-state index in [4.69, 9.17) is 16.3 Å². The highest BCUT2D eigenvalue weighted by Crippen LogP contribution is 2.46. The minimum atomic E-state index is -0.998. The van der Waals surface area contributed by atoms with Crippen LogP contribution in [0.5, 0.6) is 5.75 Å². The number of nitrogens with one attached hydrogen (secondary N) is 1. The van der Waals surface area contributed by atoms with Crippen LogP contribution in [0.2, 0.25) is 5.02 Å². The van der Waals surface area contributed by atoms with Gasteiger partial charge in [-0.25, -0.2) is 4.39 Å². The number of halogens is 2. The molecule has 136 valence electrons. The third-order valence-corrected chi connectivity index (χ3v) is 5.23. The molecule has 1 aliphatic rings. The van der Waals surface area contributed by atoms with Gasteiger partial charge < -0.3 is 10.1 Å². The molecular weight excluding hydrogens is 365 g/mol. The van der Waals surface area contributed by atoms with E-state index in [1.807, 2.05) is 36.4 Å². The van der Waals surface area contributed by atoms with Crippen molar-refractivity contribution < 1.29 is 13.9 Å². The SMILES string of the molecule is COc1cccc(C2(Cc3cccc(F)c3)C(=O)Nc3cc(Cl)ccc32)c1. The maximum absolute atomic E-state index is 13.8. The topological polar surface area (TPSA) is 38.3 Å². The predicted octanol–water partition coefficient (Wildman–Crippen LogP) is 4.97. The van der Waals surface area contributed by atoms with Gasteiger partial charge in [-0.05, 0) is 59.5 Å². The monoisotopic (exact) mass is 381 g/mol. The summed E-state index contributed by atoms with van der Waals surface area (Å²) in [5.74, 6) is 0.154. The van der Waals surface area contributed by atoms with Crippen molar-refractivity contribution in [2.24, 2.45) is 0 Å². The second-order valence-corrected chi connectivity index (χ2v) is 7.02. The van der Waals surface area contributed by atoms with Crippen LogP contribution in [0, 0.1) is 5.82 Å². The molecule has 1 aliphatic heterocycles. The Morgan fingerprint density at radius 2 is 1.89 bits per heavy atom. The Morgan fingerprint density at radius 3 is 2.67 bits per heavy atom. The fourth-order valence-electron chi connectivity index (χ4n) is 3.75. The number of rotatable bonds is 4. The van der Waals surface area contributed by atoms with Crippen molar-refractivity contribution in [3.63, 3.8) is 0 Å². The molecule has 3 aromatic carbocycles. The van der Waals surface area contributed by atoms with Crippen LogP contribution < -0.4 is 10.1 Å². The molecule has 5 heteroatoms. The maximum atomic E-state index is 13.8. The van der Waals surface area contributed by atoms with Gasteiger partial charge in [-0.2, -0.15) is 0 Å². The summed E-state index contributed by atoms with van der Waals surface area (Å²) >= 11 is 6.12.